The molecular weight excluding hydrogens is 366 g/mol. The Balaban J connectivity index is 2.05. The molecule has 0 saturated heterocycles. The zero-order valence-corrected chi connectivity index (χ0v) is 16.5. The summed E-state index contributed by atoms with van der Waals surface area (Å²) in [6, 6.07) is 17.9. The number of nitrogens with zero attached hydrogens (tertiary/aromatic N) is 2. The molecule has 1 amide bonds. The molecule has 0 unspecified atom stereocenters. The second kappa shape index (κ2) is 8.03. The molecule has 6 nitrogen and oxygen atoms in total. The van der Waals surface area contributed by atoms with E-state index in [-0.39, 0.29) is 5.57 Å². The molecule has 29 heavy (non-hydrogen) atoms. The van der Waals surface area contributed by atoms with Crippen molar-refractivity contribution in [3.63, 3.8) is 0 Å². The van der Waals surface area contributed by atoms with Crippen LogP contribution in [-0.4, -0.2) is 22.5 Å². The lowest BCUT2D eigenvalue weighted by Gasteiger charge is -2.13. The van der Waals surface area contributed by atoms with Crippen LogP contribution in [0.15, 0.2) is 54.1 Å². The van der Waals surface area contributed by atoms with E-state index in [0.717, 1.165) is 33.4 Å². The Hall–Kier alpha value is -3.85. The van der Waals surface area contributed by atoms with Crippen molar-refractivity contribution < 1.29 is 14.3 Å². The third-order valence-electron chi connectivity index (χ3n) is 4.80. The van der Waals surface area contributed by atoms with E-state index in [1.807, 2.05) is 50.2 Å². The van der Waals surface area contributed by atoms with Crippen LogP contribution in [0.4, 0.5) is 0 Å². The summed E-state index contributed by atoms with van der Waals surface area (Å²) in [5, 5.41) is 11.6. The summed E-state index contributed by atoms with van der Waals surface area (Å²) in [7, 11) is 0. The Bertz CT molecular complexity index is 1180. The van der Waals surface area contributed by atoms with Gasteiger partial charge in [-0.25, -0.2) is 4.79 Å². The van der Waals surface area contributed by atoms with Gasteiger partial charge in [-0.1, -0.05) is 36.4 Å². The number of hydrogen-bond donors (Lipinski definition) is 1. The van der Waals surface area contributed by atoms with Gasteiger partial charge in [-0.15, -0.1) is 0 Å². The molecule has 1 aromatic heterocycles. The highest BCUT2D eigenvalue weighted by molar-refractivity contribution is 5.99. The number of carbonyl (C=O) groups is 2. The molecule has 1 atom stereocenters. The number of aromatic nitrogens is 1. The summed E-state index contributed by atoms with van der Waals surface area (Å²) in [5.74, 6) is -1.65. The van der Waals surface area contributed by atoms with E-state index < -0.39 is 18.0 Å². The molecule has 2 aromatic carbocycles. The number of rotatable bonds is 5. The number of fused-ring (bicyclic) bond motifs is 1. The molecule has 1 heterocycles. The summed E-state index contributed by atoms with van der Waals surface area (Å²) in [5.41, 5.74) is 8.49. The van der Waals surface area contributed by atoms with Crippen LogP contribution in [0.5, 0.6) is 0 Å². The van der Waals surface area contributed by atoms with Gasteiger partial charge in [0.15, 0.2) is 6.10 Å². The zero-order chi connectivity index (χ0) is 21.1. The van der Waals surface area contributed by atoms with E-state index in [9.17, 15) is 14.9 Å². The molecule has 6 heteroatoms. The summed E-state index contributed by atoms with van der Waals surface area (Å²) in [4.78, 5) is 23.3. The normalized spacial score (nSPS) is 12.4. The lowest BCUT2D eigenvalue weighted by atomic mass is 10.1. The van der Waals surface area contributed by atoms with Crippen LogP contribution in [-0.2, 0) is 14.3 Å². The van der Waals surface area contributed by atoms with Gasteiger partial charge in [-0.3, -0.25) is 4.79 Å². The molecule has 3 rings (SSSR count). The van der Waals surface area contributed by atoms with Gasteiger partial charge < -0.3 is 15.0 Å². The highest BCUT2D eigenvalue weighted by atomic mass is 16.5. The number of primary amides is 1. The topological polar surface area (TPSA) is 98.1 Å². The second-order valence-corrected chi connectivity index (χ2v) is 6.78. The zero-order valence-electron chi connectivity index (χ0n) is 16.5. The monoisotopic (exact) mass is 387 g/mol. The fraction of sp³-hybridized carbons (Fsp3) is 0.174. The summed E-state index contributed by atoms with van der Waals surface area (Å²) < 4.78 is 7.03. The predicted octanol–water partition coefficient (Wildman–Crippen LogP) is 3.57. The van der Waals surface area contributed by atoms with E-state index in [2.05, 4.69) is 22.8 Å². The van der Waals surface area contributed by atoms with Crippen LogP contribution in [0.3, 0.4) is 0 Å². The Labute approximate surface area is 168 Å². The maximum absolute atomic E-state index is 12.2. The Morgan fingerprint density at radius 3 is 2.55 bits per heavy atom. The first kappa shape index (κ1) is 19.9. The molecular formula is C23H21N3O3. The van der Waals surface area contributed by atoms with E-state index in [0.29, 0.717) is 0 Å². The predicted molar refractivity (Wildman–Crippen MR) is 111 cm³/mol. The van der Waals surface area contributed by atoms with Crippen molar-refractivity contribution in [1.82, 2.24) is 4.57 Å². The lowest BCUT2D eigenvalue weighted by Crippen LogP contribution is -2.30. The van der Waals surface area contributed by atoms with Gasteiger partial charge in [0.05, 0.1) is 5.69 Å². The molecule has 0 aliphatic heterocycles. The Morgan fingerprint density at radius 1 is 1.17 bits per heavy atom. The van der Waals surface area contributed by atoms with Crippen LogP contribution >= 0.6 is 0 Å². The van der Waals surface area contributed by atoms with Gasteiger partial charge in [0, 0.05) is 16.8 Å². The van der Waals surface area contributed by atoms with Gasteiger partial charge in [-0.05, 0) is 49.9 Å². The molecule has 0 saturated carbocycles. The average Bonchev–Trinajstić information content (AvgIpc) is 2.98. The van der Waals surface area contributed by atoms with Crippen molar-refractivity contribution in [2.24, 2.45) is 5.73 Å². The van der Waals surface area contributed by atoms with Crippen LogP contribution in [0.1, 0.15) is 23.9 Å². The maximum Gasteiger partial charge on any atom is 0.349 e. The third-order valence-corrected chi connectivity index (χ3v) is 4.80. The number of carbonyl (C=O) groups excluding carboxylic acids is 2. The van der Waals surface area contributed by atoms with Crippen molar-refractivity contribution in [1.29, 1.82) is 5.26 Å². The molecule has 0 bridgehead atoms. The van der Waals surface area contributed by atoms with Gasteiger partial charge in [0.2, 0.25) is 0 Å². The summed E-state index contributed by atoms with van der Waals surface area (Å²) >= 11 is 0. The van der Waals surface area contributed by atoms with Crippen LogP contribution in [0.25, 0.3) is 22.5 Å². The number of ether oxygens (including phenoxy) is 1. The van der Waals surface area contributed by atoms with Gasteiger partial charge >= 0.3 is 5.97 Å². The molecule has 3 aromatic rings. The Kier molecular flexibility index (Phi) is 5.51. The largest absolute Gasteiger partial charge is 0.448 e. The van der Waals surface area contributed by atoms with Crippen molar-refractivity contribution >= 4 is 28.7 Å². The minimum atomic E-state index is -1.11. The first-order valence-electron chi connectivity index (χ1n) is 9.12. The molecule has 0 aliphatic carbocycles. The van der Waals surface area contributed by atoms with Gasteiger partial charge in [-0.2, -0.15) is 5.26 Å². The Morgan fingerprint density at radius 2 is 1.86 bits per heavy atom. The highest BCUT2D eigenvalue weighted by Gasteiger charge is 2.19. The number of hydrogen-bond acceptors (Lipinski definition) is 4. The SMILES string of the molecule is Cc1cc(/C=C(/C#N)C(=O)O[C@@H](C)C(N)=O)c(C)n1-c1cccc2ccccc12. The number of amides is 1. The fourth-order valence-electron chi connectivity index (χ4n) is 3.28. The first-order chi connectivity index (χ1) is 13.8. The van der Waals surface area contributed by atoms with Crippen LogP contribution in [0, 0.1) is 25.2 Å². The van der Waals surface area contributed by atoms with Crippen LogP contribution < -0.4 is 5.73 Å². The second-order valence-electron chi connectivity index (χ2n) is 6.78. The number of nitrogens with two attached hydrogens (primary N) is 1. The van der Waals surface area contributed by atoms with Crippen molar-refractivity contribution in [2.45, 2.75) is 26.9 Å². The molecule has 0 radical (unpaired) electrons. The molecule has 0 spiro atoms. The molecule has 0 fully saturated rings. The molecule has 0 aliphatic rings. The van der Waals surface area contributed by atoms with E-state index in [4.69, 9.17) is 10.5 Å². The van der Waals surface area contributed by atoms with E-state index >= 15 is 0 Å². The molecule has 2 N–H and O–H groups in total. The number of esters is 1. The van der Waals surface area contributed by atoms with Gasteiger partial charge in [0.1, 0.15) is 11.6 Å². The quantitative estimate of drug-likeness (QED) is 0.411. The summed E-state index contributed by atoms with van der Waals surface area (Å²) in [6.07, 6.45) is 0.363. The van der Waals surface area contributed by atoms with Crippen molar-refractivity contribution in [3.05, 3.63) is 71.1 Å². The smallest absolute Gasteiger partial charge is 0.349 e. The first-order valence-corrected chi connectivity index (χ1v) is 9.12. The van der Waals surface area contributed by atoms with Crippen LogP contribution in [0.2, 0.25) is 0 Å². The number of benzene rings is 2. The highest BCUT2D eigenvalue weighted by Crippen LogP contribution is 2.28. The van der Waals surface area contributed by atoms with Crippen molar-refractivity contribution in [3.8, 4) is 11.8 Å². The average molecular weight is 387 g/mol. The summed E-state index contributed by atoms with van der Waals surface area (Å²) in [6.45, 7) is 5.25. The maximum atomic E-state index is 12.2. The standard InChI is InChI=1S/C23H21N3O3/c1-14-11-18(12-19(13-24)23(28)29-16(3)22(25)27)15(2)26(14)21-10-6-8-17-7-4-5-9-20(17)21/h4-12,16H,1-3H3,(H2,25,27)/b19-12-/t16-/m0/s1. The van der Waals surface area contributed by atoms with Crippen molar-refractivity contribution in [2.75, 3.05) is 0 Å². The minimum absolute atomic E-state index is 0.198. The lowest BCUT2D eigenvalue weighted by molar-refractivity contribution is -0.149. The number of nitriles is 1. The molecule has 146 valence electrons. The third kappa shape index (κ3) is 3.90. The fourth-order valence-corrected chi connectivity index (χ4v) is 3.28. The van der Waals surface area contributed by atoms with E-state index in [1.54, 1.807) is 0 Å². The van der Waals surface area contributed by atoms with E-state index in [1.165, 1.54) is 13.0 Å². The number of aryl methyl sites for hydroxylation is 1. The minimum Gasteiger partial charge on any atom is -0.448 e. The van der Waals surface area contributed by atoms with Gasteiger partial charge in [0.25, 0.3) is 5.91 Å².